The number of nitrogens with zero attached hydrogens (tertiary/aromatic N) is 3. The van der Waals surface area contributed by atoms with Crippen molar-refractivity contribution in [3.05, 3.63) is 47.7 Å². The molecule has 0 saturated heterocycles. The van der Waals surface area contributed by atoms with Gasteiger partial charge in [-0.1, -0.05) is 12.1 Å². The summed E-state index contributed by atoms with van der Waals surface area (Å²) in [4.78, 5) is 21.4. The third-order valence-corrected chi connectivity index (χ3v) is 4.75. The molecule has 1 amide bonds. The average molecular weight is 345 g/mol. The summed E-state index contributed by atoms with van der Waals surface area (Å²) in [7, 11) is 0. The molecule has 3 aromatic heterocycles. The van der Waals surface area contributed by atoms with Crippen molar-refractivity contribution in [2.45, 2.75) is 18.0 Å². The Balaban J connectivity index is 1.41. The van der Waals surface area contributed by atoms with Gasteiger partial charge in [0.25, 0.3) is 0 Å². The molecule has 8 heteroatoms. The summed E-state index contributed by atoms with van der Waals surface area (Å²) in [5.41, 5.74) is 0. The molecule has 0 saturated carbocycles. The number of aromatic amines is 1. The van der Waals surface area contributed by atoms with Crippen molar-refractivity contribution in [3.63, 3.8) is 0 Å². The van der Waals surface area contributed by atoms with Crippen LogP contribution in [0, 0.1) is 0 Å². The zero-order valence-electron chi connectivity index (χ0n) is 12.2. The molecule has 0 spiro atoms. The van der Waals surface area contributed by atoms with Crippen LogP contribution in [0.5, 0.6) is 0 Å². The molecule has 0 bridgehead atoms. The molecule has 0 atom stereocenters. The normalized spacial score (nSPS) is 10.6. The van der Waals surface area contributed by atoms with E-state index in [4.69, 9.17) is 0 Å². The van der Waals surface area contributed by atoms with E-state index in [0.29, 0.717) is 30.4 Å². The molecule has 6 nitrogen and oxygen atoms in total. The first kappa shape index (κ1) is 15.7. The molecular formula is C15H15N5OS2. The number of aromatic nitrogens is 4. The molecule has 0 aliphatic carbocycles. The first-order chi connectivity index (χ1) is 11.3. The smallest absolute Gasteiger partial charge is 0.221 e. The summed E-state index contributed by atoms with van der Waals surface area (Å²) in [6.07, 6.45) is 2.19. The molecule has 0 fully saturated rings. The first-order valence-electron chi connectivity index (χ1n) is 7.07. The van der Waals surface area contributed by atoms with E-state index in [9.17, 15) is 4.79 Å². The zero-order valence-corrected chi connectivity index (χ0v) is 13.9. The van der Waals surface area contributed by atoms with E-state index < -0.39 is 0 Å². The number of amides is 1. The van der Waals surface area contributed by atoms with Gasteiger partial charge in [0, 0.05) is 18.4 Å². The Labute approximate surface area is 141 Å². The second-order valence-electron chi connectivity index (χ2n) is 4.63. The van der Waals surface area contributed by atoms with Gasteiger partial charge in [0.15, 0.2) is 5.82 Å². The van der Waals surface area contributed by atoms with Crippen molar-refractivity contribution >= 4 is 29.0 Å². The van der Waals surface area contributed by atoms with Gasteiger partial charge >= 0.3 is 0 Å². The lowest BCUT2D eigenvalue weighted by Gasteiger charge is -2.02. The average Bonchev–Trinajstić information content (AvgIpc) is 3.25. The lowest BCUT2D eigenvalue weighted by Crippen LogP contribution is -2.23. The van der Waals surface area contributed by atoms with Crippen LogP contribution in [0.3, 0.4) is 0 Å². The SMILES string of the molecule is O=C(CCSc1ccccn1)NCc1nc(-c2cccs2)n[nH]1. The maximum atomic E-state index is 11.8. The van der Waals surface area contributed by atoms with E-state index in [1.807, 2.05) is 35.7 Å². The third-order valence-electron chi connectivity index (χ3n) is 2.94. The maximum absolute atomic E-state index is 11.8. The number of thiophene rings is 1. The fraction of sp³-hybridized carbons (Fsp3) is 0.200. The highest BCUT2D eigenvalue weighted by atomic mass is 32.2. The van der Waals surface area contributed by atoms with Crippen LogP contribution in [0.4, 0.5) is 0 Å². The maximum Gasteiger partial charge on any atom is 0.221 e. The van der Waals surface area contributed by atoms with Gasteiger partial charge in [-0.05, 0) is 23.6 Å². The molecular weight excluding hydrogens is 330 g/mol. The largest absolute Gasteiger partial charge is 0.349 e. The number of hydrogen-bond acceptors (Lipinski definition) is 6. The lowest BCUT2D eigenvalue weighted by atomic mass is 10.4. The molecule has 0 aliphatic rings. The minimum Gasteiger partial charge on any atom is -0.349 e. The zero-order chi connectivity index (χ0) is 15.9. The number of rotatable bonds is 7. The summed E-state index contributed by atoms with van der Waals surface area (Å²) < 4.78 is 0. The van der Waals surface area contributed by atoms with Crippen molar-refractivity contribution < 1.29 is 4.79 Å². The molecule has 118 valence electrons. The molecule has 0 radical (unpaired) electrons. The van der Waals surface area contributed by atoms with Crippen LogP contribution in [0.25, 0.3) is 10.7 Å². The molecule has 3 rings (SSSR count). The van der Waals surface area contributed by atoms with Crippen molar-refractivity contribution in [2.75, 3.05) is 5.75 Å². The van der Waals surface area contributed by atoms with E-state index in [0.717, 1.165) is 9.90 Å². The van der Waals surface area contributed by atoms with Crippen LogP contribution in [0.1, 0.15) is 12.2 Å². The van der Waals surface area contributed by atoms with Crippen LogP contribution in [-0.2, 0) is 11.3 Å². The van der Waals surface area contributed by atoms with Gasteiger partial charge in [0.05, 0.1) is 16.4 Å². The Kier molecular flexibility index (Phi) is 5.38. The quantitative estimate of drug-likeness (QED) is 0.643. The van der Waals surface area contributed by atoms with E-state index >= 15 is 0 Å². The fourth-order valence-electron chi connectivity index (χ4n) is 1.84. The highest BCUT2D eigenvalue weighted by Crippen LogP contribution is 2.20. The van der Waals surface area contributed by atoms with Crippen molar-refractivity contribution in [3.8, 4) is 10.7 Å². The number of thioether (sulfide) groups is 1. The minimum atomic E-state index is -0.0116. The lowest BCUT2D eigenvalue weighted by molar-refractivity contribution is -0.120. The fourth-order valence-corrected chi connectivity index (χ4v) is 3.31. The number of carbonyl (C=O) groups excluding carboxylic acids is 1. The Morgan fingerprint density at radius 1 is 1.30 bits per heavy atom. The van der Waals surface area contributed by atoms with Crippen LogP contribution < -0.4 is 5.32 Å². The first-order valence-corrected chi connectivity index (χ1v) is 8.93. The van der Waals surface area contributed by atoms with Gasteiger partial charge in [-0.15, -0.1) is 23.1 Å². The van der Waals surface area contributed by atoms with Gasteiger partial charge in [-0.3, -0.25) is 9.89 Å². The van der Waals surface area contributed by atoms with E-state index in [1.165, 1.54) is 0 Å². The highest BCUT2D eigenvalue weighted by molar-refractivity contribution is 7.99. The van der Waals surface area contributed by atoms with Crippen LogP contribution in [0.2, 0.25) is 0 Å². The standard InChI is InChI=1S/C15H15N5OS2/c21-13(6-9-23-14-5-1-2-7-16-14)17-10-12-18-15(20-19-12)11-4-3-8-22-11/h1-5,7-8H,6,9-10H2,(H,17,21)(H,18,19,20). The second kappa shape index (κ2) is 7.89. The Morgan fingerprint density at radius 3 is 3.04 bits per heavy atom. The van der Waals surface area contributed by atoms with Gasteiger partial charge < -0.3 is 5.32 Å². The van der Waals surface area contributed by atoms with Crippen molar-refractivity contribution in [2.24, 2.45) is 0 Å². The number of pyridine rings is 1. The minimum absolute atomic E-state index is 0.0116. The summed E-state index contributed by atoms with van der Waals surface area (Å²) in [6, 6.07) is 9.66. The molecule has 0 aliphatic heterocycles. The van der Waals surface area contributed by atoms with Crippen LogP contribution in [0.15, 0.2) is 46.9 Å². The number of H-pyrrole nitrogens is 1. The van der Waals surface area contributed by atoms with E-state index in [1.54, 1.807) is 29.3 Å². The summed E-state index contributed by atoms with van der Waals surface area (Å²) >= 11 is 3.15. The molecule has 3 heterocycles. The van der Waals surface area contributed by atoms with Crippen molar-refractivity contribution in [1.29, 1.82) is 0 Å². The van der Waals surface area contributed by atoms with Gasteiger partial charge in [0.1, 0.15) is 5.82 Å². The van der Waals surface area contributed by atoms with Gasteiger partial charge in [-0.25, -0.2) is 9.97 Å². The Hall–Kier alpha value is -2.19. The third kappa shape index (κ3) is 4.64. The van der Waals surface area contributed by atoms with Gasteiger partial charge in [-0.2, -0.15) is 5.10 Å². The molecule has 0 unspecified atom stereocenters. The molecule has 23 heavy (non-hydrogen) atoms. The number of carbonyl (C=O) groups is 1. The number of hydrogen-bond donors (Lipinski definition) is 2. The van der Waals surface area contributed by atoms with E-state index in [2.05, 4.69) is 25.5 Å². The molecule has 0 aromatic carbocycles. The summed E-state index contributed by atoms with van der Waals surface area (Å²) in [6.45, 7) is 0.353. The molecule has 2 N–H and O–H groups in total. The number of nitrogens with one attached hydrogen (secondary N) is 2. The predicted octanol–water partition coefficient (Wildman–Crippen LogP) is 2.73. The Bertz CT molecular complexity index is 742. The summed E-state index contributed by atoms with van der Waals surface area (Å²) in [5.74, 6) is 2.00. The van der Waals surface area contributed by atoms with Crippen LogP contribution >= 0.6 is 23.1 Å². The Morgan fingerprint density at radius 2 is 2.26 bits per heavy atom. The topological polar surface area (TPSA) is 83.6 Å². The van der Waals surface area contributed by atoms with Gasteiger partial charge in [0.2, 0.25) is 5.91 Å². The predicted molar refractivity (Wildman–Crippen MR) is 91.1 cm³/mol. The second-order valence-corrected chi connectivity index (χ2v) is 6.69. The van der Waals surface area contributed by atoms with E-state index in [-0.39, 0.29) is 5.91 Å². The highest BCUT2D eigenvalue weighted by Gasteiger charge is 2.08. The molecule has 3 aromatic rings. The van der Waals surface area contributed by atoms with Crippen LogP contribution in [-0.4, -0.2) is 31.8 Å². The monoisotopic (exact) mass is 345 g/mol. The van der Waals surface area contributed by atoms with Crippen molar-refractivity contribution in [1.82, 2.24) is 25.5 Å². The summed E-state index contributed by atoms with van der Waals surface area (Å²) in [5, 5.41) is 12.7.